The lowest BCUT2D eigenvalue weighted by molar-refractivity contribution is -0.167. The topological polar surface area (TPSA) is 78.9 Å². The minimum absolute atomic E-state index is 0.0623. The molecule has 0 aliphatic rings. The van der Waals surface area contributed by atoms with E-state index in [1.807, 2.05) is 0 Å². The Hall–Kier alpha value is -1.59. The Balaban J connectivity index is 4.25. The van der Waals surface area contributed by atoms with E-state index in [-0.39, 0.29) is 31.1 Å². The first-order chi connectivity index (χ1) is 36.7. The van der Waals surface area contributed by atoms with E-state index in [0.29, 0.717) is 19.3 Å². The summed E-state index contributed by atoms with van der Waals surface area (Å²) in [5.74, 6) is 1.81. The van der Waals surface area contributed by atoms with Gasteiger partial charge in [-0.05, 0) is 37.0 Å². The molecule has 0 aromatic carbocycles. The highest BCUT2D eigenvalue weighted by molar-refractivity contribution is 5.71. The van der Waals surface area contributed by atoms with Gasteiger partial charge in [0.15, 0.2) is 6.10 Å². The highest BCUT2D eigenvalue weighted by Gasteiger charge is 2.20. The molecule has 0 saturated heterocycles. The summed E-state index contributed by atoms with van der Waals surface area (Å²) in [6, 6.07) is 0. The Morgan fingerprint density at radius 1 is 0.267 bits per heavy atom. The first-order valence-electron chi connectivity index (χ1n) is 34.2. The van der Waals surface area contributed by atoms with Crippen LogP contribution in [0.2, 0.25) is 0 Å². The Labute approximate surface area is 469 Å². The molecule has 0 aliphatic carbocycles. The number of unbranched alkanes of at least 4 members (excludes halogenated alkanes) is 43. The third-order valence-electron chi connectivity index (χ3n) is 16.6. The van der Waals surface area contributed by atoms with Crippen LogP contribution in [0.1, 0.15) is 388 Å². The van der Waals surface area contributed by atoms with Gasteiger partial charge in [0, 0.05) is 19.3 Å². The highest BCUT2D eigenvalue weighted by atomic mass is 16.6. The lowest BCUT2D eigenvalue weighted by atomic mass is 9.99. The fourth-order valence-electron chi connectivity index (χ4n) is 10.7. The van der Waals surface area contributed by atoms with Crippen LogP contribution in [0, 0.1) is 17.8 Å². The quantitative estimate of drug-likeness (QED) is 0.0343. The summed E-state index contributed by atoms with van der Waals surface area (Å²) in [4.78, 5) is 38.4. The van der Waals surface area contributed by atoms with Crippen molar-refractivity contribution in [2.75, 3.05) is 13.2 Å². The second-order valence-electron chi connectivity index (χ2n) is 24.8. The van der Waals surface area contributed by atoms with Crippen LogP contribution in [0.4, 0.5) is 0 Å². The lowest BCUT2D eigenvalue weighted by Gasteiger charge is -2.18. The van der Waals surface area contributed by atoms with Crippen molar-refractivity contribution in [3.8, 4) is 0 Å². The van der Waals surface area contributed by atoms with Crippen LogP contribution >= 0.6 is 0 Å². The number of esters is 3. The predicted molar refractivity (Wildman–Crippen MR) is 326 cm³/mol. The Bertz CT molecular complexity index is 1170. The predicted octanol–water partition coefficient (Wildman–Crippen LogP) is 23.0. The van der Waals surface area contributed by atoms with Crippen LogP contribution in [-0.2, 0) is 28.6 Å². The van der Waals surface area contributed by atoms with Crippen molar-refractivity contribution >= 4 is 17.9 Å². The largest absolute Gasteiger partial charge is 0.462 e. The average Bonchev–Trinajstić information content (AvgIpc) is 3.40. The molecule has 0 fully saturated rings. The van der Waals surface area contributed by atoms with E-state index in [4.69, 9.17) is 14.2 Å². The van der Waals surface area contributed by atoms with Gasteiger partial charge in [-0.1, -0.05) is 350 Å². The van der Waals surface area contributed by atoms with Gasteiger partial charge in [-0.2, -0.15) is 0 Å². The molecule has 6 heteroatoms. The molecule has 75 heavy (non-hydrogen) atoms. The van der Waals surface area contributed by atoms with E-state index in [1.54, 1.807) is 0 Å². The Morgan fingerprint density at radius 3 is 0.693 bits per heavy atom. The van der Waals surface area contributed by atoms with E-state index in [1.165, 1.54) is 270 Å². The van der Waals surface area contributed by atoms with Crippen molar-refractivity contribution < 1.29 is 28.6 Å². The molecule has 0 radical (unpaired) electrons. The van der Waals surface area contributed by atoms with Crippen molar-refractivity contribution in [1.29, 1.82) is 0 Å². The van der Waals surface area contributed by atoms with Crippen LogP contribution < -0.4 is 0 Å². The molecule has 0 aromatic heterocycles. The molecule has 0 N–H and O–H groups in total. The van der Waals surface area contributed by atoms with Gasteiger partial charge in [-0.3, -0.25) is 14.4 Å². The first-order valence-corrected chi connectivity index (χ1v) is 34.2. The number of hydrogen-bond acceptors (Lipinski definition) is 6. The standard InChI is InChI=1S/C69H134O6/c1-7-64(5)56-50-44-38-32-26-22-18-14-10-12-16-20-24-28-36-42-48-54-60-69(72)75-66(62-74-68(71)59-53-47-41-35-30-29-33-39-45-51-57-65(6)8-2)61-73-67(70)58-52-46-40-34-27-23-19-15-11-9-13-17-21-25-31-37-43-49-55-63(3)4/h63-66H,7-62H2,1-6H3/t64?,65?,66-/m0/s1. The Kier molecular flexibility index (Phi) is 58.8. The second-order valence-corrected chi connectivity index (χ2v) is 24.8. The van der Waals surface area contributed by atoms with E-state index in [0.717, 1.165) is 75.5 Å². The molecule has 0 bridgehead atoms. The maximum absolute atomic E-state index is 12.9. The zero-order valence-electron chi connectivity index (χ0n) is 51.9. The average molecular weight is 1060 g/mol. The van der Waals surface area contributed by atoms with E-state index in [2.05, 4.69) is 41.5 Å². The fraction of sp³-hybridized carbons (Fsp3) is 0.957. The molecule has 0 saturated carbocycles. The van der Waals surface area contributed by atoms with Gasteiger partial charge < -0.3 is 14.2 Å². The third-order valence-corrected chi connectivity index (χ3v) is 16.6. The summed E-state index contributed by atoms with van der Waals surface area (Å²) in [6.07, 6.45) is 66.7. The number of carbonyl (C=O) groups is 3. The summed E-state index contributed by atoms with van der Waals surface area (Å²) in [5, 5.41) is 0. The molecule has 3 atom stereocenters. The summed E-state index contributed by atoms with van der Waals surface area (Å²) in [6.45, 7) is 13.9. The minimum atomic E-state index is -0.765. The van der Waals surface area contributed by atoms with Crippen LogP contribution in [0.5, 0.6) is 0 Å². The van der Waals surface area contributed by atoms with Gasteiger partial charge in [-0.25, -0.2) is 0 Å². The monoisotopic (exact) mass is 1060 g/mol. The molecule has 0 spiro atoms. The number of rotatable bonds is 62. The van der Waals surface area contributed by atoms with Crippen molar-refractivity contribution in [3.63, 3.8) is 0 Å². The summed E-state index contributed by atoms with van der Waals surface area (Å²) in [7, 11) is 0. The molecular formula is C69H134O6. The molecule has 2 unspecified atom stereocenters. The summed E-state index contributed by atoms with van der Waals surface area (Å²) in [5.41, 5.74) is 0. The highest BCUT2D eigenvalue weighted by Crippen LogP contribution is 2.20. The van der Waals surface area contributed by atoms with Gasteiger partial charge in [-0.15, -0.1) is 0 Å². The van der Waals surface area contributed by atoms with Gasteiger partial charge in [0.25, 0.3) is 0 Å². The summed E-state index contributed by atoms with van der Waals surface area (Å²) < 4.78 is 17.0. The molecule has 0 aromatic rings. The van der Waals surface area contributed by atoms with Crippen LogP contribution in [0.3, 0.4) is 0 Å². The molecule has 0 amide bonds. The third kappa shape index (κ3) is 59.9. The van der Waals surface area contributed by atoms with Crippen LogP contribution in [-0.4, -0.2) is 37.2 Å². The normalized spacial score (nSPS) is 12.8. The van der Waals surface area contributed by atoms with Crippen molar-refractivity contribution in [2.45, 2.75) is 394 Å². The molecule has 0 heterocycles. The van der Waals surface area contributed by atoms with Gasteiger partial charge in [0.2, 0.25) is 0 Å². The molecule has 446 valence electrons. The first kappa shape index (κ1) is 73.4. The van der Waals surface area contributed by atoms with E-state index in [9.17, 15) is 14.4 Å². The lowest BCUT2D eigenvalue weighted by Crippen LogP contribution is -2.30. The smallest absolute Gasteiger partial charge is 0.306 e. The number of ether oxygens (including phenoxy) is 3. The zero-order valence-corrected chi connectivity index (χ0v) is 51.9. The van der Waals surface area contributed by atoms with Crippen molar-refractivity contribution in [1.82, 2.24) is 0 Å². The fourth-order valence-corrected chi connectivity index (χ4v) is 10.7. The number of hydrogen-bond donors (Lipinski definition) is 0. The molecular weight excluding hydrogens is 925 g/mol. The maximum Gasteiger partial charge on any atom is 0.306 e. The van der Waals surface area contributed by atoms with Gasteiger partial charge in [0.05, 0.1) is 0 Å². The van der Waals surface area contributed by atoms with Crippen LogP contribution in [0.15, 0.2) is 0 Å². The molecule has 0 rings (SSSR count). The van der Waals surface area contributed by atoms with Crippen molar-refractivity contribution in [2.24, 2.45) is 17.8 Å². The zero-order chi connectivity index (χ0) is 54.8. The van der Waals surface area contributed by atoms with E-state index >= 15 is 0 Å². The molecule has 0 aliphatic heterocycles. The SMILES string of the molecule is CCC(C)CCCCCCCCCCCCCCCCCCCCC(=O)O[C@@H](COC(=O)CCCCCCCCCCCCCCCCCCCCC(C)C)COC(=O)CCCCCCCCCCCCC(C)CC. The second kappa shape index (κ2) is 60.1. The summed E-state index contributed by atoms with van der Waals surface area (Å²) >= 11 is 0. The molecule has 6 nitrogen and oxygen atoms in total. The van der Waals surface area contributed by atoms with Gasteiger partial charge >= 0.3 is 17.9 Å². The van der Waals surface area contributed by atoms with E-state index < -0.39 is 6.10 Å². The Morgan fingerprint density at radius 2 is 0.467 bits per heavy atom. The number of carbonyl (C=O) groups excluding carboxylic acids is 3. The van der Waals surface area contributed by atoms with Gasteiger partial charge in [0.1, 0.15) is 13.2 Å². The van der Waals surface area contributed by atoms with Crippen molar-refractivity contribution in [3.05, 3.63) is 0 Å². The van der Waals surface area contributed by atoms with Crippen LogP contribution in [0.25, 0.3) is 0 Å². The maximum atomic E-state index is 12.9. The minimum Gasteiger partial charge on any atom is -0.462 e.